The van der Waals surface area contributed by atoms with Crippen molar-refractivity contribution in [3.63, 3.8) is 0 Å². The first-order valence-electron chi connectivity index (χ1n) is 4.52. The van der Waals surface area contributed by atoms with E-state index in [2.05, 4.69) is 5.10 Å². The molecule has 0 aliphatic rings. The molecule has 0 saturated heterocycles. The summed E-state index contributed by atoms with van der Waals surface area (Å²) in [7, 11) is 0. The Morgan fingerprint density at radius 2 is 2.14 bits per heavy atom. The lowest BCUT2D eigenvalue weighted by Crippen LogP contribution is -2.20. The molecule has 0 N–H and O–H groups in total. The number of nitrogens with zero attached hydrogens (tertiary/aromatic N) is 2. The number of hydrogen-bond acceptors (Lipinski definition) is 1. The highest BCUT2D eigenvalue weighted by Crippen LogP contribution is 2.22. The Hall–Kier alpha value is -1.00. The fraction of sp³-hybridized carbons (Fsp3) is 0.667. The fourth-order valence-electron chi connectivity index (χ4n) is 1.27. The van der Waals surface area contributed by atoms with Crippen molar-refractivity contribution >= 4 is 0 Å². The van der Waals surface area contributed by atoms with Gasteiger partial charge < -0.3 is 0 Å². The molecule has 0 radical (unpaired) electrons. The van der Waals surface area contributed by atoms with Crippen LogP contribution in [0.2, 0.25) is 0 Å². The lowest BCUT2D eigenvalue weighted by molar-refractivity contribution is -0.143. The van der Waals surface area contributed by atoms with Gasteiger partial charge in [0.15, 0.2) is 0 Å². The Morgan fingerprint density at radius 1 is 1.50 bits per heavy atom. The third-order valence-corrected chi connectivity index (χ3v) is 2.20. The number of rotatable bonds is 3. The van der Waals surface area contributed by atoms with E-state index in [9.17, 15) is 13.2 Å². The lowest BCUT2D eigenvalue weighted by atomic mass is 10.1. The first-order chi connectivity index (χ1) is 6.44. The Morgan fingerprint density at radius 3 is 2.64 bits per heavy atom. The van der Waals surface area contributed by atoms with E-state index in [1.807, 2.05) is 13.8 Å². The van der Waals surface area contributed by atoms with Crippen LogP contribution in [-0.4, -0.2) is 16.0 Å². The van der Waals surface area contributed by atoms with Crippen molar-refractivity contribution < 1.29 is 13.2 Å². The van der Waals surface area contributed by atoms with E-state index < -0.39 is 12.7 Å². The van der Waals surface area contributed by atoms with Crippen molar-refractivity contribution in [3.05, 3.63) is 18.0 Å². The molecule has 80 valence electrons. The van der Waals surface area contributed by atoms with Crippen LogP contribution in [0.5, 0.6) is 0 Å². The second-order valence-corrected chi connectivity index (χ2v) is 3.34. The predicted molar refractivity (Wildman–Crippen MR) is 47.0 cm³/mol. The van der Waals surface area contributed by atoms with Gasteiger partial charge in [-0.15, -0.1) is 0 Å². The van der Waals surface area contributed by atoms with Crippen LogP contribution in [0.3, 0.4) is 0 Å². The Bertz CT molecular complexity index is 290. The molecule has 1 aromatic heterocycles. The summed E-state index contributed by atoms with van der Waals surface area (Å²) in [4.78, 5) is 0. The number of hydrogen-bond donors (Lipinski definition) is 0. The third-order valence-electron chi connectivity index (χ3n) is 2.20. The van der Waals surface area contributed by atoms with Gasteiger partial charge in [0, 0.05) is 11.9 Å². The van der Waals surface area contributed by atoms with Gasteiger partial charge in [-0.3, -0.25) is 4.68 Å². The minimum atomic E-state index is -4.20. The van der Waals surface area contributed by atoms with Gasteiger partial charge in [0.2, 0.25) is 0 Å². The summed E-state index contributed by atoms with van der Waals surface area (Å²) in [6, 6.07) is 1.64. The average molecular weight is 206 g/mol. The Balaban J connectivity index is 2.82. The molecule has 14 heavy (non-hydrogen) atoms. The van der Waals surface area contributed by atoms with Gasteiger partial charge in [-0.2, -0.15) is 18.3 Å². The van der Waals surface area contributed by atoms with E-state index in [1.54, 1.807) is 6.07 Å². The zero-order valence-electron chi connectivity index (χ0n) is 8.17. The van der Waals surface area contributed by atoms with Gasteiger partial charge in [0.05, 0.1) is 0 Å². The zero-order valence-corrected chi connectivity index (χ0v) is 8.17. The van der Waals surface area contributed by atoms with Crippen molar-refractivity contribution in [1.82, 2.24) is 9.78 Å². The van der Waals surface area contributed by atoms with E-state index in [4.69, 9.17) is 0 Å². The molecule has 1 aromatic rings. The second kappa shape index (κ2) is 4.02. The molecular formula is C9H13F3N2. The minimum Gasteiger partial charge on any atom is -0.260 e. The molecule has 0 fully saturated rings. The van der Waals surface area contributed by atoms with Crippen molar-refractivity contribution in [2.24, 2.45) is 0 Å². The van der Waals surface area contributed by atoms with Crippen LogP contribution in [0.1, 0.15) is 31.9 Å². The first kappa shape index (κ1) is 11.1. The molecule has 0 amide bonds. The van der Waals surface area contributed by atoms with E-state index in [0.29, 0.717) is 5.69 Å². The fourth-order valence-corrected chi connectivity index (χ4v) is 1.27. The summed E-state index contributed by atoms with van der Waals surface area (Å²) in [5.74, 6) is 0.111. The van der Waals surface area contributed by atoms with E-state index >= 15 is 0 Å². The van der Waals surface area contributed by atoms with Gasteiger partial charge in [-0.1, -0.05) is 13.8 Å². The average Bonchev–Trinajstić information content (AvgIpc) is 2.48. The van der Waals surface area contributed by atoms with Crippen LogP contribution < -0.4 is 0 Å². The maximum atomic E-state index is 12.1. The van der Waals surface area contributed by atoms with Gasteiger partial charge in [0.1, 0.15) is 6.54 Å². The van der Waals surface area contributed by atoms with E-state index in [-0.39, 0.29) is 5.92 Å². The second-order valence-electron chi connectivity index (χ2n) is 3.34. The van der Waals surface area contributed by atoms with Gasteiger partial charge >= 0.3 is 6.18 Å². The van der Waals surface area contributed by atoms with Gasteiger partial charge in [0.25, 0.3) is 0 Å². The number of aromatic nitrogens is 2. The number of alkyl halides is 3. The molecule has 2 nitrogen and oxygen atoms in total. The molecule has 0 bridgehead atoms. The third kappa shape index (κ3) is 2.75. The molecule has 0 spiro atoms. The number of halogens is 3. The molecule has 5 heteroatoms. The van der Waals surface area contributed by atoms with Crippen molar-refractivity contribution in [3.8, 4) is 0 Å². The van der Waals surface area contributed by atoms with Crippen molar-refractivity contribution in [1.29, 1.82) is 0 Å². The largest absolute Gasteiger partial charge is 0.408 e. The molecule has 1 heterocycles. The van der Waals surface area contributed by atoms with Gasteiger partial charge in [-0.25, -0.2) is 0 Å². The normalized spacial score (nSPS) is 14.4. The maximum absolute atomic E-state index is 12.1. The zero-order chi connectivity index (χ0) is 10.8. The SMILES string of the molecule is CCC(C)c1ccnn1CC(F)(F)F. The molecule has 0 aromatic carbocycles. The molecule has 1 atom stereocenters. The van der Waals surface area contributed by atoms with Crippen LogP contribution in [0.15, 0.2) is 12.3 Å². The Kier molecular flexibility index (Phi) is 3.18. The van der Waals surface area contributed by atoms with Crippen LogP contribution >= 0.6 is 0 Å². The minimum absolute atomic E-state index is 0.111. The first-order valence-corrected chi connectivity index (χ1v) is 4.52. The Labute approximate surface area is 80.7 Å². The smallest absolute Gasteiger partial charge is 0.260 e. The summed E-state index contributed by atoms with van der Waals surface area (Å²) < 4.78 is 37.3. The van der Waals surface area contributed by atoms with Crippen LogP contribution in [0.4, 0.5) is 13.2 Å². The summed E-state index contributed by atoms with van der Waals surface area (Å²) >= 11 is 0. The highest BCUT2D eigenvalue weighted by atomic mass is 19.4. The summed E-state index contributed by atoms with van der Waals surface area (Å²) in [6.45, 7) is 2.83. The molecular weight excluding hydrogens is 193 g/mol. The van der Waals surface area contributed by atoms with Crippen LogP contribution in [0, 0.1) is 0 Å². The topological polar surface area (TPSA) is 17.8 Å². The lowest BCUT2D eigenvalue weighted by Gasteiger charge is -2.13. The molecule has 1 rings (SSSR count). The highest BCUT2D eigenvalue weighted by Gasteiger charge is 2.29. The molecule has 0 aliphatic carbocycles. The van der Waals surface area contributed by atoms with Crippen LogP contribution in [0.25, 0.3) is 0 Å². The maximum Gasteiger partial charge on any atom is 0.408 e. The van der Waals surface area contributed by atoms with Crippen molar-refractivity contribution in [2.75, 3.05) is 0 Å². The highest BCUT2D eigenvalue weighted by molar-refractivity contribution is 5.06. The molecule has 0 saturated carbocycles. The predicted octanol–water partition coefficient (Wildman–Crippen LogP) is 2.96. The summed E-state index contributed by atoms with van der Waals surface area (Å²) in [5.41, 5.74) is 0.643. The summed E-state index contributed by atoms with van der Waals surface area (Å²) in [5, 5.41) is 3.67. The molecule has 0 aliphatic heterocycles. The standard InChI is InChI=1S/C9H13F3N2/c1-3-7(2)8-4-5-13-14(8)6-9(10,11)12/h4-5,7H,3,6H2,1-2H3. The summed E-state index contributed by atoms with van der Waals surface area (Å²) in [6.07, 6.45) is -1.98. The van der Waals surface area contributed by atoms with Crippen molar-refractivity contribution in [2.45, 2.75) is 38.9 Å². The monoisotopic (exact) mass is 206 g/mol. The quantitative estimate of drug-likeness (QED) is 0.743. The van der Waals surface area contributed by atoms with E-state index in [1.165, 1.54) is 6.20 Å². The van der Waals surface area contributed by atoms with Crippen LogP contribution in [-0.2, 0) is 6.54 Å². The molecule has 1 unspecified atom stereocenters. The van der Waals surface area contributed by atoms with E-state index in [0.717, 1.165) is 11.1 Å². The van der Waals surface area contributed by atoms with Gasteiger partial charge in [-0.05, 0) is 18.4 Å².